The van der Waals surface area contributed by atoms with Crippen LogP contribution >= 0.6 is 0 Å². The molecule has 0 aliphatic rings. The van der Waals surface area contributed by atoms with Gasteiger partial charge in [-0.1, -0.05) is 54.1 Å². The minimum Gasteiger partial charge on any atom is -0.496 e. The first-order chi connectivity index (χ1) is 12.5. The second-order valence-corrected chi connectivity index (χ2v) is 6.11. The standard InChI is InChI=1S/C22H25NO3/c1-16(2)9-12-19-20(25-3)13-18(14-21(19)26-22(24)15-23)11-10-17-7-5-4-6-8-17/h4-11,13-14H,12,15,23H2,1-3H3/b11-10+. The molecule has 0 saturated carbocycles. The van der Waals surface area contributed by atoms with Crippen LogP contribution in [-0.4, -0.2) is 19.6 Å². The van der Waals surface area contributed by atoms with Gasteiger partial charge in [0.1, 0.15) is 11.5 Å². The molecule has 0 heterocycles. The van der Waals surface area contributed by atoms with Gasteiger partial charge in [0.15, 0.2) is 0 Å². The first kappa shape index (κ1) is 19.5. The van der Waals surface area contributed by atoms with Crippen molar-refractivity contribution < 1.29 is 14.3 Å². The first-order valence-electron chi connectivity index (χ1n) is 8.51. The summed E-state index contributed by atoms with van der Waals surface area (Å²) >= 11 is 0. The second-order valence-electron chi connectivity index (χ2n) is 6.11. The van der Waals surface area contributed by atoms with Crippen LogP contribution in [0.25, 0.3) is 12.2 Å². The maximum absolute atomic E-state index is 11.7. The van der Waals surface area contributed by atoms with E-state index < -0.39 is 5.97 Å². The average Bonchev–Trinajstić information content (AvgIpc) is 2.65. The molecule has 0 aliphatic heterocycles. The highest BCUT2D eigenvalue weighted by atomic mass is 16.5. The number of hydrogen-bond acceptors (Lipinski definition) is 4. The van der Waals surface area contributed by atoms with Crippen LogP contribution in [-0.2, 0) is 11.2 Å². The lowest BCUT2D eigenvalue weighted by Crippen LogP contribution is -2.20. The SMILES string of the molecule is COc1cc(/C=C/c2ccccc2)cc(OC(=O)CN)c1CC=C(C)C. The Morgan fingerprint density at radius 1 is 1.04 bits per heavy atom. The summed E-state index contributed by atoms with van der Waals surface area (Å²) in [4.78, 5) is 11.7. The molecule has 0 radical (unpaired) electrons. The van der Waals surface area contributed by atoms with Crippen molar-refractivity contribution in [1.82, 2.24) is 0 Å². The van der Waals surface area contributed by atoms with E-state index in [1.54, 1.807) is 7.11 Å². The molecule has 136 valence electrons. The zero-order valence-electron chi connectivity index (χ0n) is 15.5. The Labute approximate surface area is 154 Å². The molecule has 2 rings (SSSR count). The molecule has 0 aliphatic carbocycles. The Morgan fingerprint density at radius 2 is 1.69 bits per heavy atom. The molecule has 4 heteroatoms. The number of benzene rings is 2. The van der Waals surface area contributed by atoms with Gasteiger partial charge in [-0.3, -0.25) is 4.79 Å². The number of nitrogens with two attached hydrogens (primary N) is 1. The number of carbonyl (C=O) groups excluding carboxylic acids is 1. The van der Waals surface area contributed by atoms with Crippen LogP contribution in [0.3, 0.4) is 0 Å². The fraction of sp³-hybridized carbons (Fsp3) is 0.227. The molecule has 0 fully saturated rings. The maximum atomic E-state index is 11.7. The number of allylic oxidation sites excluding steroid dienone is 2. The van der Waals surface area contributed by atoms with E-state index >= 15 is 0 Å². The van der Waals surface area contributed by atoms with E-state index in [0.29, 0.717) is 17.9 Å². The van der Waals surface area contributed by atoms with Crippen LogP contribution in [0, 0.1) is 0 Å². The van der Waals surface area contributed by atoms with Crippen molar-refractivity contribution in [2.24, 2.45) is 5.73 Å². The molecule has 0 aromatic heterocycles. The molecule has 26 heavy (non-hydrogen) atoms. The van der Waals surface area contributed by atoms with Gasteiger partial charge in [-0.2, -0.15) is 0 Å². The van der Waals surface area contributed by atoms with Crippen molar-refractivity contribution in [3.63, 3.8) is 0 Å². The summed E-state index contributed by atoms with van der Waals surface area (Å²) < 4.78 is 11.0. The van der Waals surface area contributed by atoms with Crippen LogP contribution in [0.2, 0.25) is 0 Å². The molecule has 0 unspecified atom stereocenters. The first-order valence-corrected chi connectivity index (χ1v) is 8.51. The topological polar surface area (TPSA) is 61.5 Å². The van der Waals surface area contributed by atoms with E-state index in [9.17, 15) is 4.79 Å². The molecule has 0 bridgehead atoms. The summed E-state index contributed by atoms with van der Waals surface area (Å²) in [5, 5.41) is 0. The zero-order chi connectivity index (χ0) is 18.9. The number of rotatable bonds is 7. The summed E-state index contributed by atoms with van der Waals surface area (Å²) in [5.74, 6) is 0.678. The third kappa shape index (κ3) is 5.60. The lowest BCUT2D eigenvalue weighted by molar-refractivity contribution is -0.132. The van der Waals surface area contributed by atoms with E-state index in [1.165, 1.54) is 5.57 Å². The smallest absolute Gasteiger partial charge is 0.325 e. The highest BCUT2D eigenvalue weighted by Gasteiger charge is 2.14. The fourth-order valence-corrected chi connectivity index (χ4v) is 2.44. The molecule has 2 N–H and O–H groups in total. The molecular weight excluding hydrogens is 326 g/mol. The highest BCUT2D eigenvalue weighted by Crippen LogP contribution is 2.32. The quantitative estimate of drug-likeness (QED) is 0.351. The summed E-state index contributed by atoms with van der Waals surface area (Å²) in [6.07, 6.45) is 6.64. The number of ether oxygens (including phenoxy) is 2. The Morgan fingerprint density at radius 3 is 2.31 bits per heavy atom. The summed E-state index contributed by atoms with van der Waals surface area (Å²) in [7, 11) is 1.61. The van der Waals surface area contributed by atoms with Crippen molar-refractivity contribution in [1.29, 1.82) is 0 Å². The van der Waals surface area contributed by atoms with Gasteiger partial charge in [0.25, 0.3) is 0 Å². The van der Waals surface area contributed by atoms with Crippen molar-refractivity contribution in [3.05, 3.63) is 70.8 Å². The molecule has 0 atom stereocenters. The summed E-state index contributed by atoms with van der Waals surface area (Å²) in [6, 6.07) is 13.8. The zero-order valence-corrected chi connectivity index (χ0v) is 15.5. The molecule has 0 amide bonds. The van der Waals surface area contributed by atoms with Gasteiger partial charge in [0.05, 0.1) is 13.7 Å². The maximum Gasteiger partial charge on any atom is 0.325 e. The third-order valence-electron chi connectivity index (χ3n) is 3.78. The Kier molecular flexibility index (Phi) is 7.18. The minimum absolute atomic E-state index is 0.172. The molecule has 4 nitrogen and oxygen atoms in total. The largest absolute Gasteiger partial charge is 0.496 e. The summed E-state index contributed by atoms with van der Waals surface area (Å²) in [5.41, 5.74) is 9.37. The van der Waals surface area contributed by atoms with Crippen molar-refractivity contribution in [3.8, 4) is 11.5 Å². The van der Waals surface area contributed by atoms with Crippen molar-refractivity contribution in [2.75, 3.05) is 13.7 Å². The Hall–Kier alpha value is -2.85. The minimum atomic E-state index is -0.477. The van der Waals surface area contributed by atoms with Gasteiger partial charge in [0, 0.05) is 5.56 Å². The highest BCUT2D eigenvalue weighted by molar-refractivity contribution is 5.77. The van der Waals surface area contributed by atoms with Crippen LogP contribution in [0.1, 0.15) is 30.5 Å². The van der Waals surface area contributed by atoms with Gasteiger partial charge < -0.3 is 15.2 Å². The van der Waals surface area contributed by atoms with E-state index in [-0.39, 0.29) is 6.54 Å². The average molecular weight is 351 g/mol. The number of hydrogen-bond donors (Lipinski definition) is 1. The lowest BCUT2D eigenvalue weighted by atomic mass is 10.0. The van der Waals surface area contributed by atoms with E-state index in [4.69, 9.17) is 15.2 Å². The van der Waals surface area contributed by atoms with Crippen LogP contribution in [0.4, 0.5) is 0 Å². The monoisotopic (exact) mass is 351 g/mol. The number of esters is 1. The van der Waals surface area contributed by atoms with Crippen LogP contribution < -0.4 is 15.2 Å². The van der Waals surface area contributed by atoms with E-state index in [0.717, 1.165) is 16.7 Å². The summed E-state index contributed by atoms with van der Waals surface area (Å²) in [6.45, 7) is 3.87. The molecule has 2 aromatic carbocycles. The predicted octanol–water partition coefficient (Wildman–Crippen LogP) is 4.24. The lowest BCUT2D eigenvalue weighted by Gasteiger charge is -2.14. The molecule has 2 aromatic rings. The van der Waals surface area contributed by atoms with Crippen molar-refractivity contribution in [2.45, 2.75) is 20.3 Å². The number of carbonyl (C=O) groups is 1. The number of methoxy groups -OCH3 is 1. The Bertz CT molecular complexity index is 804. The molecule has 0 saturated heterocycles. The normalized spacial score (nSPS) is 10.6. The predicted molar refractivity (Wildman–Crippen MR) is 106 cm³/mol. The van der Waals surface area contributed by atoms with Crippen LogP contribution in [0.15, 0.2) is 54.1 Å². The Balaban J connectivity index is 2.43. The van der Waals surface area contributed by atoms with E-state index in [1.807, 2.05) is 68.5 Å². The molecule has 0 spiro atoms. The fourth-order valence-electron chi connectivity index (χ4n) is 2.44. The third-order valence-corrected chi connectivity index (χ3v) is 3.78. The van der Waals surface area contributed by atoms with E-state index in [2.05, 4.69) is 6.08 Å². The van der Waals surface area contributed by atoms with Crippen molar-refractivity contribution >= 4 is 18.1 Å². The molecular formula is C22H25NO3. The van der Waals surface area contributed by atoms with Crippen LogP contribution in [0.5, 0.6) is 11.5 Å². The van der Waals surface area contributed by atoms with Gasteiger partial charge in [0.2, 0.25) is 0 Å². The second kappa shape index (κ2) is 9.59. The van der Waals surface area contributed by atoms with Gasteiger partial charge in [-0.05, 0) is 43.5 Å². The van der Waals surface area contributed by atoms with Gasteiger partial charge in [-0.15, -0.1) is 0 Å². The van der Waals surface area contributed by atoms with Gasteiger partial charge in [-0.25, -0.2) is 0 Å². The van der Waals surface area contributed by atoms with Gasteiger partial charge >= 0.3 is 5.97 Å².